The number of nitrogens with zero attached hydrogens (tertiary/aromatic N) is 3. The summed E-state index contributed by atoms with van der Waals surface area (Å²) in [5.74, 6) is -1.28. The van der Waals surface area contributed by atoms with Crippen molar-refractivity contribution in [2.75, 3.05) is 19.7 Å². The van der Waals surface area contributed by atoms with E-state index >= 15 is 0 Å². The van der Waals surface area contributed by atoms with Gasteiger partial charge in [0.2, 0.25) is 17.7 Å². The fraction of sp³-hybridized carbons (Fsp3) is 0.629. The molecule has 2 bridgehead atoms. The van der Waals surface area contributed by atoms with Gasteiger partial charge in [-0.1, -0.05) is 82.0 Å². The number of carbonyl (C=O) groups is 3. The number of aliphatic hydroxyl groups excluding tert-OH is 1. The van der Waals surface area contributed by atoms with Gasteiger partial charge < -0.3 is 19.8 Å². The van der Waals surface area contributed by atoms with Crippen molar-refractivity contribution in [2.24, 2.45) is 17.8 Å². The molecule has 5 rings (SSSR count). The number of thioether (sulfide) groups is 1. The van der Waals surface area contributed by atoms with Gasteiger partial charge in [0.25, 0.3) is 0 Å². The number of rotatable bonds is 13. The molecule has 1 aliphatic carbocycles. The molecular weight excluding hydrogens is 558 g/mol. The second-order valence-corrected chi connectivity index (χ2v) is 14.6. The van der Waals surface area contributed by atoms with Crippen molar-refractivity contribution >= 4 is 29.5 Å². The molecule has 3 amide bonds. The number of hydrogen-bond acceptors (Lipinski definition) is 5. The topological polar surface area (TPSA) is 81.2 Å². The molecule has 4 fully saturated rings. The fourth-order valence-electron chi connectivity index (χ4n) is 8.33. The maximum absolute atomic E-state index is 14.9. The van der Waals surface area contributed by atoms with Gasteiger partial charge in [0.05, 0.1) is 29.2 Å². The van der Waals surface area contributed by atoms with E-state index in [2.05, 4.69) is 20.1 Å². The molecule has 234 valence electrons. The predicted octanol–water partition coefficient (Wildman–Crippen LogP) is 5.05. The molecular formula is C35H49N3O4S. The minimum atomic E-state index is -0.701. The van der Waals surface area contributed by atoms with Gasteiger partial charge in [0, 0.05) is 30.9 Å². The van der Waals surface area contributed by atoms with Crippen LogP contribution >= 0.6 is 11.8 Å². The second kappa shape index (κ2) is 13.6. The number of fused-ring (bicyclic) bond motifs is 1. The Labute approximate surface area is 261 Å². The van der Waals surface area contributed by atoms with Crippen molar-refractivity contribution in [2.45, 2.75) is 99.9 Å². The van der Waals surface area contributed by atoms with E-state index in [-0.39, 0.29) is 41.5 Å². The zero-order valence-electron chi connectivity index (χ0n) is 25.9. The summed E-state index contributed by atoms with van der Waals surface area (Å²) in [5.41, 5.74) is 1.03. The second-order valence-electron chi connectivity index (χ2n) is 13.0. The predicted molar refractivity (Wildman–Crippen MR) is 172 cm³/mol. The van der Waals surface area contributed by atoms with E-state index < -0.39 is 28.7 Å². The first-order valence-corrected chi connectivity index (χ1v) is 17.2. The molecule has 8 heteroatoms. The SMILES string of the molecule is C=CCN(Cc1ccccc1)C(=O)[C@@H]1[C@H]2C(=O)N([C@@H](CO)[C@@H](C)CC)C(C(=O)N(CC=C)C3CCCCC3)C23CC[C@H]1S3. The van der Waals surface area contributed by atoms with E-state index in [0.29, 0.717) is 19.6 Å². The molecule has 1 aromatic carbocycles. The van der Waals surface area contributed by atoms with E-state index in [1.807, 2.05) is 47.1 Å². The van der Waals surface area contributed by atoms with Crippen LogP contribution in [0.25, 0.3) is 0 Å². The van der Waals surface area contributed by atoms with Crippen molar-refractivity contribution < 1.29 is 19.5 Å². The Bertz CT molecular complexity index is 1190. The minimum absolute atomic E-state index is 0.00806. The average molecular weight is 608 g/mol. The number of benzene rings is 1. The number of carbonyl (C=O) groups excluding carboxylic acids is 3. The molecule has 2 unspecified atom stereocenters. The molecule has 1 saturated carbocycles. The molecule has 1 spiro atoms. The number of amides is 3. The van der Waals surface area contributed by atoms with Crippen LogP contribution in [0, 0.1) is 17.8 Å². The van der Waals surface area contributed by atoms with Gasteiger partial charge in [-0.25, -0.2) is 0 Å². The van der Waals surface area contributed by atoms with E-state index in [1.54, 1.807) is 28.8 Å². The number of hydrogen-bond donors (Lipinski definition) is 1. The zero-order valence-corrected chi connectivity index (χ0v) is 26.7. The summed E-state index contributed by atoms with van der Waals surface area (Å²) in [4.78, 5) is 49.6. The summed E-state index contributed by atoms with van der Waals surface area (Å²) < 4.78 is -0.680. The van der Waals surface area contributed by atoms with Crippen LogP contribution < -0.4 is 0 Å². The molecule has 3 aliphatic heterocycles. The fourth-order valence-corrected chi connectivity index (χ4v) is 10.5. The van der Waals surface area contributed by atoms with Crippen LogP contribution in [0.4, 0.5) is 0 Å². The highest BCUT2D eigenvalue weighted by molar-refractivity contribution is 8.02. The Morgan fingerprint density at radius 1 is 1.09 bits per heavy atom. The van der Waals surface area contributed by atoms with Crippen molar-refractivity contribution in [3.05, 3.63) is 61.2 Å². The molecule has 7 atom stereocenters. The first-order chi connectivity index (χ1) is 20.8. The molecule has 1 N–H and O–H groups in total. The molecule has 1 aromatic rings. The molecule has 7 nitrogen and oxygen atoms in total. The van der Waals surface area contributed by atoms with Crippen molar-refractivity contribution in [1.82, 2.24) is 14.7 Å². The molecule has 0 radical (unpaired) electrons. The third-order valence-corrected chi connectivity index (χ3v) is 12.6. The van der Waals surface area contributed by atoms with Crippen LogP contribution in [0.15, 0.2) is 55.6 Å². The monoisotopic (exact) mass is 607 g/mol. The maximum atomic E-state index is 14.9. The van der Waals surface area contributed by atoms with Crippen molar-refractivity contribution in [3.8, 4) is 0 Å². The van der Waals surface area contributed by atoms with Gasteiger partial charge in [-0.3, -0.25) is 14.4 Å². The summed E-state index contributed by atoms with van der Waals surface area (Å²) in [6.07, 6.45) is 11.1. The van der Waals surface area contributed by atoms with E-state index in [9.17, 15) is 19.5 Å². The smallest absolute Gasteiger partial charge is 0.247 e. The average Bonchev–Trinajstić information content (AvgIpc) is 3.68. The first-order valence-electron chi connectivity index (χ1n) is 16.3. The van der Waals surface area contributed by atoms with Crippen molar-refractivity contribution in [1.29, 1.82) is 0 Å². The summed E-state index contributed by atoms with van der Waals surface area (Å²) in [6.45, 7) is 13.1. The lowest BCUT2D eigenvalue weighted by atomic mass is 9.70. The molecule has 3 heterocycles. The van der Waals surface area contributed by atoms with E-state index in [1.165, 1.54) is 6.42 Å². The lowest BCUT2D eigenvalue weighted by Gasteiger charge is -2.43. The number of likely N-dealkylation sites (tertiary alicyclic amines) is 1. The summed E-state index contributed by atoms with van der Waals surface area (Å²) in [6, 6.07) is 8.85. The highest BCUT2D eigenvalue weighted by atomic mass is 32.2. The van der Waals surface area contributed by atoms with Gasteiger partial charge in [-0.15, -0.1) is 24.9 Å². The van der Waals surface area contributed by atoms with Gasteiger partial charge in [-0.2, -0.15) is 0 Å². The standard InChI is InChI=1S/C35H49N3O4S/c1-5-20-36(22-25-14-10-8-11-15-25)32(40)29-28-18-19-35(43-28)30(29)33(41)38(27(23-39)24(4)7-3)31(35)34(42)37(21-6-2)26-16-12-9-13-17-26/h5-6,8,10-11,14-15,24,26-31,39H,1-2,7,9,12-13,16-23H2,3-4H3/t24-,27-,28+,29-,30-,31?,35?/m0/s1. The van der Waals surface area contributed by atoms with Crippen LogP contribution in [-0.4, -0.2) is 85.3 Å². The summed E-state index contributed by atoms with van der Waals surface area (Å²) >= 11 is 1.71. The normalized spacial score (nSPS) is 29.7. The van der Waals surface area contributed by atoms with Gasteiger partial charge in [0.1, 0.15) is 6.04 Å². The minimum Gasteiger partial charge on any atom is -0.394 e. The Hall–Kier alpha value is -2.58. The molecule has 0 aromatic heterocycles. The molecule has 4 aliphatic rings. The van der Waals surface area contributed by atoms with Crippen molar-refractivity contribution in [3.63, 3.8) is 0 Å². The highest BCUT2D eigenvalue weighted by Gasteiger charge is 2.75. The first kappa shape index (κ1) is 31.8. The van der Waals surface area contributed by atoms with Gasteiger partial charge in [0.15, 0.2) is 0 Å². The van der Waals surface area contributed by atoms with Gasteiger partial charge >= 0.3 is 0 Å². The Kier molecular flexibility index (Phi) is 10.1. The van der Waals surface area contributed by atoms with E-state index in [0.717, 1.165) is 50.5 Å². The lowest BCUT2D eigenvalue weighted by molar-refractivity contribution is -0.149. The lowest BCUT2D eigenvalue weighted by Crippen LogP contribution is -2.60. The maximum Gasteiger partial charge on any atom is 0.247 e. The van der Waals surface area contributed by atoms with Crippen LogP contribution in [-0.2, 0) is 20.9 Å². The summed E-state index contributed by atoms with van der Waals surface area (Å²) in [5, 5.41) is 10.7. The van der Waals surface area contributed by atoms with Crippen LogP contribution in [0.1, 0.15) is 70.8 Å². The van der Waals surface area contributed by atoms with E-state index in [4.69, 9.17) is 0 Å². The Morgan fingerprint density at radius 3 is 2.42 bits per heavy atom. The molecule has 43 heavy (non-hydrogen) atoms. The highest BCUT2D eigenvalue weighted by Crippen LogP contribution is 2.67. The third-order valence-electron chi connectivity index (χ3n) is 10.6. The third kappa shape index (κ3) is 5.70. The Morgan fingerprint density at radius 2 is 1.79 bits per heavy atom. The molecule has 3 saturated heterocycles. The quantitative estimate of drug-likeness (QED) is 0.318. The number of aliphatic hydroxyl groups is 1. The van der Waals surface area contributed by atoms with Crippen LogP contribution in [0.2, 0.25) is 0 Å². The largest absolute Gasteiger partial charge is 0.394 e. The van der Waals surface area contributed by atoms with Gasteiger partial charge in [-0.05, 0) is 37.2 Å². The Balaban J connectivity index is 1.55. The zero-order chi connectivity index (χ0) is 30.7. The summed E-state index contributed by atoms with van der Waals surface area (Å²) in [7, 11) is 0. The van der Waals surface area contributed by atoms with Crippen LogP contribution in [0.5, 0.6) is 0 Å². The van der Waals surface area contributed by atoms with Crippen LogP contribution in [0.3, 0.4) is 0 Å².